The Balaban J connectivity index is 2.63. The molecule has 0 aliphatic heterocycles. The third kappa shape index (κ3) is 3.48. The van der Waals surface area contributed by atoms with Gasteiger partial charge in [0.15, 0.2) is 0 Å². The van der Waals surface area contributed by atoms with Gasteiger partial charge >= 0.3 is 0 Å². The van der Waals surface area contributed by atoms with Crippen molar-refractivity contribution in [3.05, 3.63) is 58.6 Å². The summed E-state index contributed by atoms with van der Waals surface area (Å²) < 4.78 is 12.2. The third-order valence-corrected chi connectivity index (χ3v) is 3.92. The van der Waals surface area contributed by atoms with Crippen molar-refractivity contribution in [1.29, 1.82) is 0 Å². The van der Waals surface area contributed by atoms with E-state index in [1.807, 2.05) is 18.2 Å². The minimum absolute atomic E-state index is 0.485. The van der Waals surface area contributed by atoms with E-state index in [0.717, 1.165) is 32.7 Å². The molecule has 0 N–H and O–H groups in total. The van der Waals surface area contributed by atoms with Crippen molar-refractivity contribution < 1.29 is 9.47 Å². The topological polar surface area (TPSA) is 18.5 Å². The molecule has 3 heteroatoms. The zero-order chi connectivity index (χ0) is 15.4. The van der Waals surface area contributed by atoms with Crippen LogP contribution in [0.2, 0.25) is 0 Å². The number of aryl methyl sites for hydroxylation is 2. The summed E-state index contributed by atoms with van der Waals surface area (Å²) >= 11 is 3.62. The quantitative estimate of drug-likeness (QED) is 0.683. The first kappa shape index (κ1) is 15.6. The Labute approximate surface area is 134 Å². The normalized spacial score (nSPS) is 10.3. The summed E-state index contributed by atoms with van der Waals surface area (Å²) in [5.74, 6) is 1.71. The van der Waals surface area contributed by atoms with Crippen LogP contribution >= 0.6 is 15.9 Å². The second-order valence-corrected chi connectivity index (χ2v) is 5.76. The molecular formula is C18H19BrO2. The van der Waals surface area contributed by atoms with Crippen LogP contribution in [0.25, 0.3) is 11.1 Å². The summed E-state index contributed by atoms with van der Waals surface area (Å²) in [6, 6.07) is 10.2. The number of hydrogen-bond acceptors (Lipinski definition) is 2. The lowest BCUT2D eigenvalue weighted by Gasteiger charge is -2.16. The van der Waals surface area contributed by atoms with E-state index in [0.29, 0.717) is 6.61 Å². The maximum absolute atomic E-state index is 5.88. The predicted molar refractivity (Wildman–Crippen MR) is 91.3 cm³/mol. The van der Waals surface area contributed by atoms with E-state index in [1.165, 1.54) is 5.56 Å². The lowest BCUT2D eigenvalue weighted by Crippen LogP contribution is -1.99. The van der Waals surface area contributed by atoms with Gasteiger partial charge in [0, 0.05) is 15.6 Å². The summed E-state index contributed by atoms with van der Waals surface area (Å²) in [5, 5.41) is 0. The van der Waals surface area contributed by atoms with Crippen molar-refractivity contribution in [1.82, 2.24) is 0 Å². The number of ether oxygens (including phenoxy) is 2. The monoisotopic (exact) mass is 346 g/mol. The van der Waals surface area contributed by atoms with Gasteiger partial charge in [-0.2, -0.15) is 0 Å². The van der Waals surface area contributed by atoms with Crippen LogP contribution in [-0.4, -0.2) is 13.7 Å². The molecule has 0 aromatic heterocycles. The summed E-state index contributed by atoms with van der Waals surface area (Å²) in [6.45, 7) is 8.34. The smallest absolute Gasteiger partial charge is 0.130 e. The summed E-state index contributed by atoms with van der Waals surface area (Å²) in [4.78, 5) is 0. The van der Waals surface area contributed by atoms with Gasteiger partial charge in [-0.3, -0.25) is 0 Å². The Morgan fingerprint density at radius 1 is 1.14 bits per heavy atom. The molecule has 21 heavy (non-hydrogen) atoms. The molecule has 0 saturated heterocycles. The molecule has 0 aliphatic carbocycles. The maximum Gasteiger partial charge on any atom is 0.130 e. The first-order chi connectivity index (χ1) is 10.1. The van der Waals surface area contributed by atoms with Crippen molar-refractivity contribution in [2.45, 2.75) is 13.8 Å². The second kappa shape index (κ2) is 6.81. The molecule has 0 saturated carbocycles. The number of rotatable bonds is 5. The lowest BCUT2D eigenvalue weighted by atomic mass is 9.99. The minimum atomic E-state index is 0.485. The Morgan fingerprint density at radius 3 is 2.57 bits per heavy atom. The fraction of sp³-hybridized carbons (Fsp3) is 0.222. The third-order valence-electron chi connectivity index (χ3n) is 3.23. The van der Waals surface area contributed by atoms with Gasteiger partial charge in [0.1, 0.15) is 18.1 Å². The van der Waals surface area contributed by atoms with E-state index in [4.69, 9.17) is 9.47 Å². The van der Waals surface area contributed by atoms with E-state index in [2.05, 4.69) is 48.5 Å². The molecule has 0 aliphatic rings. The lowest BCUT2D eigenvalue weighted by molar-refractivity contribution is 0.362. The highest BCUT2D eigenvalue weighted by atomic mass is 79.9. The highest BCUT2D eigenvalue weighted by Crippen LogP contribution is 2.39. The molecular weight excluding hydrogens is 328 g/mol. The van der Waals surface area contributed by atoms with Gasteiger partial charge in [-0.25, -0.2) is 0 Å². The van der Waals surface area contributed by atoms with Gasteiger partial charge in [-0.1, -0.05) is 34.7 Å². The van der Waals surface area contributed by atoms with Crippen LogP contribution in [0.4, 0.5) is 0 Å². The van der Waals surface area contributed by atoms with Crippen molar-refractivity contribution in [2.24, 2.45) is 0 Å². The van der Waals surface area contributed by atoms with Gasteiger partial charge in [-0.15, -0.1) is 0 Å². The van der Waals surface area contributed by atoms with Gasteiger partial charge in [-0.05, 0) is 49.2 Å². The van der Waals surface area contributed by atoms with Crippen LogP contribution < -0.4 is 9.47 Å². The second-order valence-electron chi connectivity index (χ2n) is 4.90. The highest BCUT2D eigenvalue weighted by Gasteiger charge is 2.14. The fourth-order valence-electron chi connectivity index (χ4n) is 2.33. The van der Waals surface area contributed by atoms with Gasteiger partial charge in [0.05, 0.1) is 7.11 Å². The number of methoxy groups -OCH3 is 1. The minimum Gasteiger partial charge on any atom is -0.497 e. The molecule has 2 nitrogen and oxygen atoms in total. The molecule has 2 aromatic carbocycles. The van der Waals surface area contributed by atoms with Crippen LogP contribution in [0.3, 0.4) is 0 Å². The van der Waals surface area contributed by atoms with Crippen LogP contribution in [0, 0.1) is 13.8 Å². The van der Waals surface area contributed by atoms with E-state index in [1.54, 1.807) is 13.2 Å². The van der Waals surface area contributed by atoms with Gasteiger partial charge in [0.2, 0.25) is 0 Å². The molecule has 0 fully saturated rings. The number of hydrogen-bond donors (Lipinski definition) is 0. The molecule has 0 heterocycles. The fourth-order valence-corrected chi connectivity index (χ4v) is 2.79. The average Bonchev–Trinajstić information content (AvgIpc) is 2.46. The van der Waals surface area contributed by atoms with Crippen LogP contribution in [0.5, 0.6) is 11.5 Å². The zero-order valence-corrected chi connectivity index (χ0v) is 14.2. The molecule has 0 amide bonds. The van der Waals surface area contributed by atoms with Crippen LogP contribution in [-0.2, 0) is 0 Å². The molecule has 0 radical (unpaired) electrons. The van der Waals surface area contributed by atoms with E-state index < -0.39 is 0 Å². The molecule has 2 rings (SSSR count). The SMILES string of the molecule is C=CCOc1c(C)cc(C)cc1-c1cc(OC)ccc1Br. The maximum atomic E-state index is 5.88. The summed E-state index contributed by atoms with van der Waals surface area (Å²) in [5.41, 5.74) is 4.42. The molecule has 0 atom stereocenters. The Bertz CT molecular complexity index is 663. The Kier molecular flexibility index (Phi) is 5.07. The predicted octanol–water partition coefficient (Wildman–Crippen LogP) is 5.31. The van der Waals surface area contributed by atoms with Crippen LogP contribution in [0.1, 0.15) is 11.1 Å². The molecule has 110 valence electrons. The first-order valence-corrected chi connectivity index (χ1v) is 7.55. The number of halogens is 1. The first-order valence-electron chi connectivity index (χ1n) is 6.75. The summed E-state index contributed by atoms with van der Waals surface area (Å²) in [7, 11) is 1.67. The van der Waals surface area contributed by atoms with Crippen LogP contribution in [0.15, 0.2) is 47.5 Å². The average molecular weight is 347 g/mol. The van der Waals surface area contributed by atoms with E-state index in [-0.39, 0.29) is 0 Å². The molecule has 0 bridgehead atoms. The van der Waals surface area contributed by atoms with E-state index >= 15 is 0 Å². The van der Waals surface area contributed by atoms with Gasteiger partial charge in [0.25, 0.3) is 0 Å². The largest absolute Gasteiger partial charge is 0.497 e. The summed E-state index contributed by atoms with van der Waals surface area (Å²) in [6.07, 6.45) is 1.75. The van der Waals surface area contributed by atoms with Crippen molar-refractivity contribution in [3.8, 4) is 22.6 Å². The molecule has 0 spiro atoms. The Hall–Kier alpha value is -1.74. The zero-order valence-electron chi connectivity index (χ0n) is 12.6. The van der Waals surface area contributed by atoms with Crippen molar-refractivity contribution >= 4 is 15.9 Å². The Morgan fingerprint density at radius 2 is 1.90 bits per heavy atom. The number of benzene rings is 2. The standard InChI is InChI=1S/C18H19BrO2/c1-5-8-21-18-13(3)9-12(2)10-16(18)15-11-14(20-4)6-7-17(15)19/h5-7,9-11H,1,8H2,2-4H3. The molecule has 2 aromatic rings. The van der Waals surface area contributed by atoms with E-state index in [9.17, 15) is 0 Å². The van der Waals surface area contributed by atoms with Gasteiger partial charge < -0.3 is 9.47 Å². The van der Waals surface area contributed by atoms with Crippen molar-refractivity contribution in [3.63, 3.8) is 0 Å². The highest BCUT2D eigenvalue weighted by molar-refractivity contribution is 9.10. The van der Waals surface area contributed by atoms with Crippen molar-refractivity contribution in [2.75, 3.05) is 13.7 Å². The molecule has 0 unspecified atom stereocenters.